The number of nitriles is 1. The van der Waals surface area contributed by atoms with Gasteiger partial charge < -0.3 is 4.90 Å². The highest BCUT2D eigenvalue weighted by Gasteiger charge is 2.37. The lowest BCUT2D eigenvalue weighted by Crippen LogP contribution is -2.43. The molecule has 3 heterocycles. The number of benzene rings is 1. The van der Waals surface area contributed by atoms with Crippen molar-refractivity contribution < 1.29 is 4.79 Å². The number of amides is 1. The van der Waals surface area contributed by atoms with Gasteiger partial charge >= 0.3 is 0 Å². The van der Waals surface area contributed by atoms with Crippen molar-refractivity contribution in [1.29, 1.82) is 5.26 Å². The maximum atomic E-state index is 13.3. The molecule has 0 N–H and O–H groups in total. The van der Waals surface area contributed by atoms with Gasteiger partial charge in [0, 0.05) is 25.5 Å². The molecule has 0 aliphatic carbocycles. The predicted molar refractivity (Wildman–Crippen MR) is 113 cm³/mol. The van der Waals surface area contributed by atoms with Gasteiger partial charge in [-0.25, -0.2) is 9.97 Å². The molecule has 1 aliphatic heterocycles. The summed E-state index contributed by atoms with van der Waals surface area (Å²) in [6.07, 6.45) is 6.78. The summed E-state index contributed by atoms with van der Waals surface area (Å²) >= 11 is 0. The van der Waals surface area contributed by atoms with Gasteiger partial charge in [0.1, 0.15) is 12.0 Å². The van der Waals surface area contributed by atoms with Gasteiger partial charge in [-0.05, 0) is 49.9 Å². The Kier molecular flexibility index (Phi) is 5.53. The van der Waals surface area contributed by atoms with E-state index in [1.807, 2.05) is 11.0 Å². The molecule has 1 saturated heterocycles. The second-order valence-electron chi connectivity index (χ2n) is 7.84. The highest BCUT2D eigenvalue weighted by Crippen LogP contribution is 2.35. The minimum Gasteiger partial charge on any atom is -0.338 e. The summed E-state index contributed by atoms with van der Waals surface area (Å²) in [5.74, 6) is -0.0705. The number of likely N-dealkylation sites (tertiary alicyclic amines) is 1. The van der Waals surface area contributed by atoms with Crippen molar-refractivity contribution in [3.8, 4) is 17.5 Å². The molecule has 0 saturated carbocycles. The molecule has 1 aliphatic rings. The first-order valence-electron chi connectivity index (χ1n) is 10.1. The normalized spacial score (nSPS) is 15.4. The molecule has 0 atom stereocenters. The maximum absolute atomic E-state index is 13.3. The summed E-state index contributed by atoms with van der Waals surface area (Å²) in [6.45, 7) is 3.17. The van der Waals surface area contributed by atoms with E-state index < -0.39 is 5.41 Å². The summed E-state index contributed by atoms with van der Waals surface area (Å²) in [6, 6.07) is 16.2. The zero-order valence-electron chi connectivity index (χ0n) is 17.0. The highest BCUT2D eigenvalue weighted by atomic mass is 16.2. The molecule has 2 aromatic heterocycles. The molecule has 0 unspecified atom stereocenters. The summed E-state index contributed by atoms with van der Waals surface area (Å²) in [7, 11) is 0. The van der Waals surface area contributed by atoms with E-state index in [9.17, 15) is 10.1 Å². The monoisotopic (exact) mass is 397 g/mol. The van der Waals surface area contributed by atoms with E-state index >= 15 is 0 Å². The van der Waals surface area contributed by atoms with E-state index in [1.165, 1.54) is 17.5 Å². The number of aromatic nitrogens is 3. The number of aryl methyl sites for hydroxylation is 1. The third-order valence-corrected chi connectivity index (χ3v) is 5.73. The molecular weight excluding hydrogens is 374 g/mol. The highest BCUT2D eigenvalue weighted by molar-refractivity contribution is 5.99. The van der Waals surface area contributed by atoms with E-state index in [4.69, 9.17) is 0 Å². The third kappa shape index (κ3) is 4.06. The Balaban J connectivity index is 1.51. The Morgan fingerprint density at radius 1 is 1.13 bits per heavy atom. The lowest BCUT2D eigenvalue weighted by Gasteiger charge is -2.37. The van der Waals surface area contributed by atoms with Crippen molar-refractivity contribution in [3.63, 3.8) is 0 Å². The molecule has 0 spiro atoms. The maximum Gasteiger partial charge on any atom is 0.256 e. The van der Waals surface area contributed by atoms with Crippen LogP contribution in [-0.2, 0) is 6.42 Å². The summed E-state index contributed by atoms with van der Waals surface area (Å²) in [4.78, 5) is 27.6. The van der Waals surface area contributed by atoms with Crippen molar-refractivity contribution >= 4 is 5.91 Å². The van der Waals surface area contributed by atoms with Gasteiger partial charge in [0.15, 0.2) is 0 Å². The van der Waals surface area contributed by atoms with Gasteiger partial charge in [0.05, 0.1) is 22.7 Å². The molecule has 6 nitrogen and oxygen atoms in total. The SMILES string of the molecule is Cc1cccc(CC2(C#N)CCN(C(=O)c3cccnc3-c3ccncn3)CC2)c1. The van der Waals surface area contributed by atoms with Crippen LogP contribution >= 0.6 is 0 Å². The van der Waals surface area contributed by atoms with Gasteiger partial charge in [-0.3, -0.25) is 9.78 Å². The van der Waals surface area contributed by atoms with Crippen LogP contribution in [0, 0.1) is 23.7 Å². The first-order chi connectivity index (χ1) is 14.6. The molecule has 0 radical (unpaired) electrons. The predicted octanol–water partition coefficient (Wildman–Crippen LogP) is 3.84. The van der Waals surface area contributed by atoms with E-state index in [-0.39, 0.29) is 5.91 Å². The lowest BCUT2D eigenvalue weighted by atomic mass is 9.75. The van der Waals surface area contributed by atoms with Crippen LogP contribution in [0.15, 0.2) is 61.2 Å². The molecule has 6 heteroatoms. The molecule has 30 heavy (non-hydrogen) atoms. The van der Waals surface area contributed by atoms with Crippen LogP contribution in [0.3, 0.4) is 0 Å². The Bertz CT molecular complexity index is 1080. The number of hydrogen-bond acceptors (Lipinski definition) is 5. The molecule has 3 aromatic rings. The Hall–Kier alpha value is -3.59. The fourth-order valence-corrected chi connectivity index (χ4v) is 4.06. The van der Waals surface area contributed by atoms with E-state index in [0.29, 0.717) is 49.3 Å². The minimum absolute atomic E-state index is 0.0705. The molecule has 150 valence electrons. The average Bonchev–Trinajstić information content (AvgIpc) is 2.80. The van der Waals surface area contributed by atoms with Crippen molar-refractivity contribution in [2.24, 2.45) is 5.41 Å². The number of nitrogens with zero attached hydrogens (tertiary/aromatic N) is 5. The molecular formula is C24H23N5O. The van der Waals surface area contributed by atoms with Crippen LogP contribution in [0.2, 0.25) is 0 Å². The summed E-state index contributed by atoms with van der Waals surface area (Å²) < 4.78 is 0. The second kappa shape index (κ2) is 8.42. The standard InChI is InChI=1S/C24H23N5O/c1-18-4-2-5-19(14-18)15-24(16-25)8-12-29(13-9-24)23(30)20-6-3-10-27-22(20)21-7-11-26-17-28-21/h2-7,10-11,14,17H,8-9,12-13,15H2,1H3. The summed E-state index contributed by atoms with van der Waals surface area (Å²) in [5.41, 5.74) is 3.64. The number of rotatable bonds is 4. The van der Waals surface area contributed by atoms with Crippen LogP contribution < -0.4 is 0 Å². The quantitative estimate of drug-likeness (QED) is 0.668. The van der Waals surface area contributed by atoms with Crippen LogP contribution in [0.1, 0.15) is 34.3 Å². The number of hydrogen-bond donors (Lipinski definition) is 0. The van der Waals surface area contributed by atoms with Crippen LogP contribution in [0.25, 0.3) is 11.4 Å². The van der Waals surface area contributed by atoms with Gasteiger partial charge in [-0.1, -0.05) is 29.8 Å². The number of carbonyl (C=O) groups excluding carboxylic acids is 1. The van der Waals surface area contributed by atoms with E-state index in [1.54, 1.807) is 30.6 Å². The average molecular weight is 397 g/mol. The van der Waals surface area contributed by atoms with E-state index in [0.717, 1.165) is 0 Å². The van der Waals surface area contributed by atoms with E-state index in [2.05, 4.69) is 46.1 Å². The Morgan fingerprint density at radius 3 is 2.67 bits per heavy atom. The van der Waals surface area contributed by atoms with Crippen LogP contribution in [-0.4, -0.2) is 38.8 Å². The van der Waals surface area contributed by atoms with Crippen molar-refractivity contribution in [2.75, 3.05) is 13.1 Å². The third-order valence-electron chi connectivity index (χ3n) is 5.73. The Morgan fingerprint density at radius 2 is 1.97 bits per heavy atom. The molecule has 1 aromatic carbocycles. The number of pyridine rings is 1. The van der Waals surface area contributed by atoms with Crippen LogP contribution in [0.4, 0.5) is 0 Å². The van der Waals surface area contributed by atoms with Gasteiger partial charge in [-0.2, -0.15) is 5.26 Å². The minimum atomic E-state index is -0.436. The van der Waals surface area contributed by atoms with Crippen LogP contribution in [0.5, 0.6) is 0 Å². The second-order valence-corrected chi connectivity index (χ2v) is 7.84. The fraction of sp³-hybridized carbons (Fsp3) is 0.292. The largest absolute Gasteiger partial charge is 0.338 e. The van der Waals surface area contributed by atoms with Crippen molar-refractivity contribution in [2.45, 2.75) is 26.2 Å². The molecule has 1 fully saturated rings. The molecule has 4 rings (SSSR count). The Labute approximate surface area is 176 Å². The van der Waals surface area contributed by atoms with Crippen molar-refractivity contribution in [1.82, 2.24) is 19.9 Å². The number of carbonyl (C=O) groups is 1. The van der Waals surface area contributed by atoms with Gasteiger partial charge in [0.2, 0.25) is 0 Å². The number of piperidine rings is 1. The smallest absolute Gasteiger partial charge is 0.256 e. The fourth-order valence-electron chi connectivity index (χ4n) is 4.06. The lowest BCUT2D eigenvalue weighted by molar-refractivity contribution is 0.0647. The topological polar surface area (TPSA) is 82.8 Å². The molecule has 1 amide bonds. The molecule has 0 bridgehead atoms. The first kappa shape index (κ1) is 19.7. The zero-order valence-corrected chi connectivity index (χ0v) is 17.0. The van der Waals surface area contributed by atoms with Gasteiger partial charge in [0.25, 0.3) is 5.91 Å². The summed E-state index contributed by atoms with van der Waals surface area (Å²) in [5, 5.41) is 9.93. The van der Waals surface area contributed by atoms with Gasteiger partial charge in [-0.15, -0.1) is 0 Å². The first-order valence-corrected chi connectivity index (χ1v) is 10.1. The zero-order chi connectivity index (χ0) is 21.0. The van der Waals surface area contributed by atoms with Crippen molar-refractivity contribution in [3.05, 3.63) is 77.9 Å².